The molecule has 1 aromatic rings. The summed E-state index contributed by atoms with van der Waals surface area (Å²) < 4.78 is 0. The van der Waals surface area contributed by atoms with Crippen LogP contribution in [0.3, 0.4) is 0 Å². The van der Waals surface area contributed by atoms with Gasteiger partial charge in [0, 0.05) is 19.3 Å². The number of pyridine rings is 1. The molecule has 1 amide bonds. The maximum absolute atomic E-state index is 12.2. The molecular formula is C14H21N3O2. The number of aromatic hydroxyl groups is 1. The number of piperidine rings is 1. The number of hydrogen-bond donors (Lipinski definition) is 2. The van der Waals surface area contributed by atoms with Crippen molar-refractivity contribution in [1.29, 1.82) is 0 Å². The average Bonchev–Trinajstić information content (AvgIpc) is 2.45. The van der Waals surface area contributed by atoms with E-state index in [0.717, 1.165) is 32.5 Å². The predicted octanol–water partition coefficient (Wildman–Crippen LogP) is 1.25. The molecule has 2 rings (SSSR count). The molecule has 1 aromatic heterocycles. The molecule has 2 heterocycles. The Morgan fingerprint density at radius 2 is 2.21 bits per heavy atom. The second-order valence-electron chi connectivity index (χ2n) is 5.06. The van der Waals surface area contributed by atoms with Crippen LogP contribution in [0, 0.1) is 5.92 Å². The maximum atomic E-state index is 12.2. The molecule has 1 saturated heterocycles. The van der Waals surface area contributed by atoms with E-state index in [9.17, 15) is 9.90 Å². The number of nitrogens with zero attached hydrogens (tertiary/aromatic N) is 2. The van der Waals surface area contributed by atoms with E-state index in [-0.39, 0.29) is 11.7 Å². The Balaban J connectivity index is 1.89. The van der Waals surface area contributed by atoms with Gasteiger partial charge in [0.25, 0.3) is 5.91 Å². The Bertz CT molecular complexity index is 428. The Hall–Kier alpha value is -1.62. The van der Waals surface area contributed by atoms with Crippen LogP contribution < -0.4 is 5.32 Å². The predicted molar refractivity (Wildman–Crippen MR) is 73.1 cm³/mol. The molecule has 5 heteroatoms. The van der Waals surface area contributed by atoms with Crippen molar-refractivity contribution >= 4 is 5.91 Å². The van der Waals surface area contributed by atoms with Crippen LogP contribution in [0.4, 0.5) is 0 Å². The smallest absolute Gasteiger partial charge is 0.255 e. The van der Waals surface area contributed by atoms with Crippen molar-refractivity contribution in [3.05, 3.63) is 24.0 Å². The molecular weight excluding hydrogens is 242 g/mol. The molecule has 0 unspecified atom stereocenters. The van der Waals surface area contributed by atoms with E-state index >= 15 is 0 Å². The first-order valence-corrected chi connectivity index (χ1v) is 6.78. The molecule has 0 atom stereocenters. The lowest BCUT2D eigenvalue weighted by molar-refractivity contribution is 0.0686. The summed E-state index contributed by atoms with van der Waals surface area (Å²) in [6, 6.07) is 1.47. The normalized spacial score (nSPS) is 16.6. The first kappa shape index (κ1) is 13.8. The van der Waals surface area contributed by atoms with Gasteiger partial charge in [0.15, 0.2) is 0 Å². The van der Waals surface area contributed by atoms with Gasteiger partial charge in [-0.1, -0.05) is 0 Å². The van der Waals surface area contributed by atoms with Crippen LogP contribution in [0.2, 0.25) is 0 Å². The van der Waals surface area contributed by atoms with E-state index in [1.54, 1.807) is 0 Å². The monoisotopic (exact) mass is 263 g/mol. The van der Waals surface area contributed by atoms with Gasteiger partial charge in [0.2, 0.25) is 0 Å². The van der Waals surface area contributed by atoms with Crippen LogP contribution in [-0.4, -0.2) is 47.6 Å². The van der Waals surface area contributed by atoms with E-state index in [4.69, 9.17) is 0 Å². The minimum atomic E-state index is -0.0320. The van der Waals surface area contributed by atoms with E-state index in [1.807, 2.05) is 11.9 Å². The zero-order valence-corrected chi connectivity index (χ0v) is 11.3. The average molecular weight is 263 g/mol. The third-order valence-corrected chi connectivity index (χ3v) is 3.68. The van der Waals surface area contributed by atoms with Crippen LogP contribution >= 0.6 is 0 Å². The summed E-state index contributed by atoms with van der Waals surface area (Å²) in [5.74, 6) is 0.712. The fourth-order valence-electron chi connectivity index (χ4n) is 2.50. The molecule has 0 bridgehead atoms. The van der Waals surface area contributed by atoms with Gasteiger partial charge in [-0.3, -0.25) is 9.78 Å². The summed E-state index contributed by atoms with van der Waals surface area (Å²) in [7, 11) is 1.97. The number of nitrogens with one attached hydrogen (secondary N) is 1. The lowest BCUT2D eigenvalue weighted by atomic mass is 9.93. The number of rotatable bonds is 4. The third kappa shape index (κ3) is 3.67. The Morgan fingerprint density at radius 3 is 2.84 bits per heavy atom. The van der Waals surface area contributed by atoms with Gasteiger partial charge < -0.3 is 15.3 Å². The highest BCUT2D eigenvalue weighted by atomic mass is 16.3. The van der Waals surface area contributed by atoms with Gasteiger partial charge in [-0.2, -0.15) is 0 Å². The number of amides is 1. The highest BCUT2D eigenvalue weighted by Gasteiger charge is 2.23. The highest BCUT2D eigenvalue weighted by Crippen LogP contribution is 2.22. The molecule has 0 radical (unpaired) electrons. The largest absolute Gasteiger partial charge is 0.506 e. The van der Waals surface area contributed by atoms with E-state index in [1.165, 1.54) is 24.9 Å². The Kier molecular flexibility index (Phi) is 4.74. The molecule has 0 aromatic carbocycles. The van der Waals surface area contributed by atoms with Crippen molar-refractivity contribution in [2.45, 2.75) is 19.3 Å². The summed E-state index contributed by atoms with van der Waals surface area (Å²) in [4.78, 5) is 17.9. The van der Waals surface area contributed by atoms with Crippen molar-refractivity contribution in [2.75, 3.05) is 26.7 Å². The van der Waals surface area contributed by atoms with Crippen molar-refractivity contribution < 1.29 is 9.90 Å². The molecule has 104 valence electrons. The zero-order chi connectivity index (χ0) is 13.7. The molecule has 1 fully saturated rings. The molecule has 0 aliphatic carbocycles. The second-order valence-corrected chi connectivity index (χ2v) is 5.06. The van der Waals surface area contributed by atoms with Gasteiger partial charge in [0.05, 0.1) is 11.8 Å². The number of aromatic nitrogens is 1. The maximum Gasteiger partial charge on any atom is 0.255 e. The van der Waals surface area contributed by atoms with Crippen molar-refractivity contribution in [3.8, 4) is 5.75 Å². The third-order valence-electron chi connectivity index (χ3n) is 3.68. The summed E-state index contributed by atoms with van der Waals surface area (Å²) in [5.41, 5.74) is 0.466. The Morgan fingerprint density at radius 1 is 1.47 bits per heavy atom. The minimum Gasteiger partial charge on any atom is -0.506 e. The van der Waals surface area contributed by atoms with Gasteiger partial charge >= 0.3 is 0 Å². The van der Waals surface area contributed by atoms with Crippen molar-refractivity contribution in [3.63, 3.8) is 0 Å². The van der Waals surface area contributed by atoms with Gasteiger partial charge in [-0.05, 0) is 44.8 Å². The summed E-state index contributed by atoms with van der Waals surface area (Å²) >= 11 is 0. The number of hydrogen-bond acceptors (Lipinski definition) is 4. The molecule has 0 spiro atoms. The topological polar surface area (TPSA) is 65.5 Å². The van der Waals surface area contributed by atoms with Crippen LogP contribution in [0.25, 0.3) is 0 Å². The first-order chi connectivity index (χ1) is 9.20. The van der Waals surface area contributed by atoms with Crippen LogP contribution in [0.15, 0.2) is 18.5 Å². The van der Waals surface area contributed by atoms with E-state index in [0.29, 0.717) is 11.5 Å². The standard InChI is InChI=1S/C14H21N3O2/c1-15-5-2-11-3-6-17(7-4-11)14(19)12-8-13(18)10-16-9-12/h8-11,15,18H,2-7H2,1H3. The van der Waals surface area contributed by atoms with E-state index < -0.39 is 0 Å². The lowest BCUT2D eigenvalue weighted by Gasteiger charge is -2.32. The highest BCUT2D eigenvalue weighted by molar-refractivity contribution is 5.94. The van der Waals surface area contributed by atoms with E-state index in [2.05, 4.69) is 10.3 Å². The molecule has 1 aliphatic rings. The van der Waals surface area contributed by atoms with Gasteiger partial charge in [0.1, 0.15) is 5.75 Å². The number of likely N-dealkylation sites (tertiary alicyclic amines) is 1. The molecule has 1 aliphatic heterocycles. The van der Waals surface area contributed by atoms with Crippen LogP contribution in [0.1, 0.15) is 29.6 Å². The molecule has 2 N–H and O–H groups in total. The fraction of sp³-hybridized carbons (Fsp3) is 0.571. The van der Waals surface area contributed by atoms with Crippen molar-refractivity contribution in [2.24, 2.45) is 5.92 Å². The SMILES string of the molecule is CNCCC1CCN(C(=O)c2cncc(O)c2)CC1. The molecule has 0 saturated carbocycles. The van der Waals surface area contributed by atoms with Gasteiger partial charge in [-0.15, -0.1) is 0 Å². The quantitative estimate of drug-likeness (QED) is 0.858. The fourth-order valence-corrected chi connectivity index (χ4v) is 2.50. The van der Waals surface area contributed by atoms with Gasteiger partial charge in [-0.25, -0.2) is 0 Å². The summed E-state index contributed by atoms with van der Waals surface area (Å²) in [6.45, 7) is 2.63. The first-order valence-electron chi connectivity index (χ1n) is 6.78. The zero-order valence-electron chi connectivity index (χ0n) is 11.3. The van der Waals surface area contributed by atoms with Crippen molar-refractivity contribution in [1.82, 2.24) is 15.2 Å². The summed E-state index contributed by atoms with van der Waals surface area (Å²) in [6.07, 6.45) is 6.13. The second kappa shape index (κ2) is 6.52. The summed E-state index contributed by atoms with van der Waals surface area (Å²) in [5, 5.41) is 12.5. The lowest BCUT2D eigenvalue weighted by Crippen LogP contribution is -2.39. The molecule has 19 heavy (non-hydrogen) atoms. The van der Waals surface area contributed by atoms with Crippen LogP contribution in [0.5, 0.6) is 5.75 Å². The van der Waals surface area contributed by atoms with Crippen LogP contribution in [-0.2, 0) is 0 Å². The minimum absolute atomic E-state index is 0.0320. The Labute approximate surface area is 113 Å². The molecule has 5 nitrogen and oxygen atoms in total. The number of carbonyl (C=O) groups is 1. The number of carbonyl (C=O) groups excluding carboxylic acids is 1.